The number of amides is 2. The molecule has 0 saturated heterocycles. The van der Waals surface area contributed by atoms with Crippen molar-refractivity contribution in [1.82, 2.24) is 0 Å². The number of anilines is 2. The first-order valence-corrected chi connectivity index (χ1v) is 8.56. The molecule has 26 heavy (non-hydrogen) atoms. The third kappa shape index (κ3) is 2.77. The third-order valence-electron chi connectivity index (χ3n) is 4.46. The van der Waals surface area contributed by atoms with E-state index in [-0.39, 0.29) is 18.4 Å². The average Bonchev–Trinajstić information content (AvgIpc) is 3.03. The maximum atomic E-state index is 12.8. The molecule has 0 radical (unpaired) electrons. The molecule has 3 aromatic rings. The molecule has 1 aliphatic rings. The Morgan fingerprint density at radius 2 is 1.96 bits per heavy atom. The summed E-state index contributed by atoms with van der Waals surface area (Å²) in [7, 11) is 0. The maximum absolute atomic E-state index is 12.8. The summed E-state index contributed by atoms with van der Waals surface area (Å²) in [5.41, 5.74) is 3.06. The van der Waals surface area contributed by atoms with Crippen molar-refractivity contribution < 1.29 is 14.0 Å². The molecule has 2 heterocycles. The zero-order valence-corrected chi connectivity index (χ0v) is 14.4. The fourth-order valence-electron chi connectivity index (χ4n) is 3.24. The molecular formula is C21H18N2O3. The van der Waals surface area contributed by atoms with E-state index in [2.05, 4.69) is 5.32 Å². The van der Waals surface area contributed by atoms with Gasteiger partial charge < -0.3 is 9.73 Å². The molecule has 4 rings (SSSR count). The summed E-state index contributed by atoms with van der Waals surface area (Å²) >= 11 is 0. The smallest absolute Gasteiger partial charge is 0.251 e. The molecule has 2 amide bonds. The van der Waals surface area contributed by atoms with Crippen molar-refractivity contribution in [2.75, 3.05) is 16.8 Å². The van der Waals surface area contributed by atoms with Gasteiger partial charge in [0.2, 0.25) is 5.91 Å². The van der Waals surface area contributed by atoms with Gasteiger partial charge in [0.05, 0.1) is 11.4 Å². The topological polar surface area (TPSA) is 62.6 Å². The molecule has 130 valence electrons. The van der Waals surface area contributed by atoms with Crippen molar-refractivity contribution in [2.45, 2.75) is 13.3 Å². The minimum absolute atomic E-state index is 0.00690. The first-order valence-electron chi connectivity index (χ1n) is 8.56. The number of carbonyl (C=O) groups excluding carboxylic acids is 2. The van der Waals surface area contributed by atoms with E-state index < -0.39 is 0 Å². The van der Waals surface area contributed by atoms with Crippen LogP contribution in [-0.2, 0) is 16.0 Å². The first kappa shape index (κ1) is 16.1. The van der Waals surface area contributed by atoms with E-state index in [1.165, 1.54) is 11.0 Å². The van der Waals surface area contributed by atoms with Crippen LogP contribution in [0.5, 0.6) is 0 Å². The summed E-state index contributed by atoms with van der Waals surface area (Å²) in [6.07, 6.45) is 4.02. The molecule has 0 bridgehead atoms. The van der Waals surface area contributed by atoms with Gasteiger partial charge in [0.1, 0.15) is 17.9 Å². The van der Waals surface area contributed by atoms with E-state index in [4.69, 9.17) is 4.42 Å². The lowest BCUT2D eigenvalue weighted by atomic mass is 10.1. The highest BCUT2D eigenvalue weighted by Gasteiger charge is 2.25. The van der Waals surface area contributed by atoms with Gasteiger partial charge in [-0.25, -0.2) is 0 Å². The number of para-hydroxylation sites is 3. The monoisotopic (exact) mass is 346 g/mol. The Morgan fingerprint density at radius 1 is 1.19 bits per heavy atom. The van der Waals surface area contributed by atoms with E-state index >= 15 is 0 Å². The molecule has 0 saturated carbocycles. The predicted octanol–water partition coefficient (Wildman–Crippen LogP) is 3.99. The van der Waals surface area contributed by atoms with Crippen molar-refractivity contribution in [3.8, 4) is 0 Å². The van der Waals surface area contributed by atoms with Crippen LogP contribution in [0.3, 0.4) is 0 Å². The Bertz CT molecular complexity index is 1030. The molecule has 5 nitrogen and oxygen atoms in total. The third-order valence-corrected chi connectivity index (χ3v) is 4.46. The maximum Gasteiger partial charge on any atom is 0.251 e. The summed E-state index contributed by atoms with van der Waals surface area (Å²) < 4.78 is 5.86. The number of hydrogen-bond donors (Lipinski definition) is 1. The number of hydrogen-bond acceptors (Lipinski definition) is 3. The van der Waals surface area contributed by atoms with Gasteiger partial charge >= 0.3 is 0 Å². The number of carbonyl (C=O) groups is 2. The lowest BCUT2D eigenvalue weighted by molar-refractivity contribution is -0.119. The van der Waals surface area contributed by atoms with Crippen LogP contribution in [-0.4, -0.2) is 18.4 Å². The second kappa shape index (κ2) is 6.52. The molecule has 0 unspecified atom stereocenters. The lowest BCUT2D eigenvalue weighted by Gasteiger charge is -2.28. The van der Waals surface area contributed by atoms with E-state index in [1.807, 2.05) is 49.4 Å². The van der Waals surface area contributed by atoms with Crippen LogP contribution in [0.4, 0.5) is 11.4 Å². The Morgan fingerprint density at radius 3 is 2.81 bits per heavy atom. The largest absolute Gasteiger partial charge is 0.460 e. The van der Waals surface area contributed by atoms with Gasteiger partial charge in [-0.05, 0) is 24.3 Å². The van der Waals surface area contributed by atoms with Gasteiger partial charge in [0.15, 0.2) is 0 Å². The Hall–Kier alpha value is -3.34. The molecule has 5 heteroatoms. The van der Waals surface area contributed by atoms with Crippen LogP contribution in [0, 0.1) is 0 Å². The molecule has 2 aromatic carbocycles. The van der Waals surface area contributed by atoms with Crippen molar-refractivity contribution in [1.29, 1.82) is 0 Å². The van der Waals surface area contributed by atoms with Crippen molar-refractivity contribution in [3.63, 3.8) is 0 Å². The minimum atomic E-state index is -0.236. The Kier molecular flexibility index (Phi) is 4.05. The predicted molar refractivity (Wildman–Crippen MR) is 102 cm³/mol. The number of aryl methyl sites for hydroxylation is 1. The standard InChI is InChI=1S/C21H18N2O3/c1-2-18-15(14-7-3-6-10-19(14)26-18)11-12-21(25)23-13-20(24)22-16-8-4-5-9-17(16)23/h3-12H,2,13H2,1H3,(H,22,24)/b12-11-. The highest BCUT2D eigenvalue weighted by Crippen LogP contribution is 2.30. The molecule has 1 aliphatic heterocycles. The van der Waals surface area contributed by atoms with Crippen LogP contribution in [0.1, 0.15) is 18.2 Å². The van der Waals surface area contributed by atoms with Gasteiger partial charge in [-0.1, -0.05) is 37.3 Å². The van der Waals surface area contributed by atoms with E-state index in [0.717, 1.165) is 28.7 Å². The number of furan rings is 1. The zero-order valence-electron chi connectivity index (χ0n) is 14.4. The Labute approximate surface area is 150 Å². The van der Waals surface area contributed by atoms with Crippen molar-refractivity contribution >= 4 is 40.2 Å². The number of fused-ring (bicyclic) bond motifs is 2. The number of nitrogens with zero attached hydrogens (tertiary/aromatic N) is 1. The summed E-state index contributed by atoms with van der Waals surface area (Å²) in [5, 5.41) is 3.76. The summed E-state index contributed by atoms with van der Waals surface area (Å²) in [5.74, 6) is 0.403. The quantitative estimate of drug-likeness (QED) is 0.729. The molecule has 0 aliphatic carbocycles. The molecule has 1 N–H and O–H groups in total. The summed E-state index contributed by atoms with van der Waals surface area (Å²) in [6, 6.07) is 15.0. The summed E-state index contributed by atoms with van der Waals surface area (Å²) in [6.45, 7) is 2.02. The SMILES string of the molecule is CCc1oc2ccccc2c1/C=C\C(=O)N1CC(=O)Nc2ccccc21. The fourth-order valence-corrected chi connectivity index (χ4v) is 3.24. The molecular weight excluding hydrogens is 328 g/mol. The van der Waals surface area contributed by atoms with Crippen molar-refractivity contribution in [3.05, 3.63) is 65.9 Å². The molecule has 0 atom stereocenters. The van der Waals surface area contributed by atoms with Crippen molar-refractivity contribution in [2.24, 2.45) is 0 Å². The van der Waals surface area contributed by atoms with Crippen LogP contribution < -0.4 is 10.2 Å². The van der Waals surface area contributed by atoms with Gasteiger partial charge in [0.25, 0.3) is 5.91 Å². The molecule has 0 spiro atoms. The molecule has 1 aromatic heterocycles. The zero-order chi connectivity index (χ0) is 18.1. The fraction of sp³-hybridized carbons (Fsp3) is 0.143. The van der Waals surface area contributed by atoms with Crippen LogP contribution in [0.15, 0.2) is 59.0 Å². The number of nitrogens with one attached hydrogen (secondary N) is 1. The first-order chi connectivity index (χ1) is 12.7. The average molecular weight is 346 g/mol. The highest BCUT2D eigenvalue weighted by molar-refractivity contribution is 6.14. The lowest BCUT2D eigenvalue weighted by Crippen LogP contribution is -2.41. The van der Waals surface area contributed by atoms with Gasteiger partial charge in [-0.15, -0.1) is 0 Å². The van der Waals surface area contributed by atoms with E-state index in [9.17, 15) is 9.59 Å². The Balaban J connectivity index is 1.68. The van der Waals surface area contributed by atoms with Gasteiger partial charge in [-0.2, -0.15) is 0 Å². The minimum Gasteiger partial charge on any atom is -0.460 e. The highest BCUT2D eigenvalue weighted by atomic mass is 16.3. The second-order valence-electron chi connectivity index (χ2n) is 6.11. The van der Waals surface area contributed by atoms with E-state index in [1.54, 1.807) is 12.1 Å². The van der Waals surface area contributed by atoms with Crippen LogP contribution in [0.2, 0.25) is 0 Å². The molecule has 0 fully saturated rings. The van der Waals surface area contributed by atoms with Gasteiger partial charge in [-0.3, -0.25) is 14.5 Å². The normalized spacial score (nSPS) is 13.9. The second-order valence-corrected chi connectivity index (χ2v) is 6.11. The van der Waals surface area contributed by atoms with Gasteiger partial charge in [0, 0.05) is 23.4 Å². The van der Waals surface area contributed by atoms with E-state index in [0.29, 0.717) is 11.4 Å². The number of rotatable bonds is 3. The van der Waals surface area contributed by atoms with Crippen LogP contribution >= 0.6 is 0 Å². The number of benzene rings is 2. The van der Waals surface area contributed by atoms with Crippen LogP contribution in [0.25, 0.3) is 17.0 Å². The summed E-state index contributed by atoms with van der Waals surface area (Å²) in [4.78, 5) is 26.2.